The van der Waals surface area contributed by atoms with Gasteiger partial charge in [0.15, 0.2) is 11.6 Å². The molecule has 0 spiro atoms. The lowest BCUT2D eigenvalue weighted by Gasteiger charge is -2.40. The number of anilines is 1. The van der Waals surface area contributed by atoms with E-state index < -0.39 is 5.82 Å². The molecule has 0 saturated heterocycles. The molecule has 0 aliphatic heterocycles. The van der Waals surface area contributed by atoms with Gasteiger partial charge in [0.05, 0.1) is 11.8 Å². The topological polar surface area (TPSA) is 47.0 Å². The molecule has 1 aliphatic rings. The van der Waals surface area contributed by atoms with Gasteiger partial charge in [0.2, 0.25) is 5.28 Å². The smallest absolute Gasteiger partial charge is 0.224 e. The molecule has 1 N–H and O–H groups in total. The van der Waals surface area contributed by atoms with Crippen molar-refractivity contribution in [1.82, 2.24) is 9.97 Å². The highest BCUT2D eigenvalue weighted by Crippen LogP contribution is 2.35. The lowest BCUT2D eigenvalue weighted by Crippen LogP contribution is -2.45. The first kappa shape index (κ1) is 11.5. The van der Waals surface area contributed by atoms with Crippen LogP contribution in [0.2, 0.25) is 5.28 Å². The molecule has 4 nitrogen and oxygen atoms in total. The lowest BCUT2D eigenvalue weighted by molar-refractivity contribution is -0.0602. The van der Waals surface area contributed by atoms with E-state index in [0.29, 0.717) is 6.54 Å². The van der Waals surface area contributed by atoms with Crippen LogP contribution >= 0.6 is 11.6 Å². The molecule has 0 radical (unpaired) electrons. The minimum atomic E-state index is -0.505. The van der Waals surface area contributed by atoms with Crippen molar-refractivity contribution >= 4 is 17.4 Å². The predicted octanol–water partition coefficient (Wildman–Crippen LogP) is 2.25. The van der Waals surface area contributed by atoms with Crippen molar-refractivity contribution in [2.45, 2.75) is 24.9 Å². The van der Waals surface area contributed by atoms with Crippen LogP contribution in [0.15, 0.2) is 6.20 Å². The Morgan fingerprint density at radius 1 is 1.62 bits per heavy atom. The normalized spacial score (nSPS) is 17.9. The second-order valence-electron chi connectivity index (χ2n) is 3.93. The molecule has 1 aromatic heterocycles. The van der Waals surface area contributed by atoms with Crippen LogP contribution in [-0.4, -0.2) is 29.2 Å². The molecular weight excluding hydrogens is 233 g/mol. The fourth-order valence-corrected chi connectivity index (χ4v) is 1.87. The zero-order chi connectivity index (χ0) is 11.6. The van der Waals surface area contributed by atoms with Gasteiger partial charge >= 0.3 is 0 Å². The van der Waals surface area contributed by atoms with Crippen LogP contribution in [-0.2, 0) is 4.74 Å². The lowest BCUT2D eigenvalue weighted by atomic mass is 9.80. The third-order valence-electron chi connectivity index (χ3n) is 2.99. The predicted molar refractivity (Wildman–Crippen MR) is 59.1 cm³/mol. The van der Waals surface area contributed by atoms with Crippen molar-refractivity contribution in [3.63, 3.8) is 0 Å². The molecule has 0 amide bonds. The number of hydrogen-bond acceptors (Lipinski definition) is 4. The van der Waals surface area contributed by atoms with E-state index in [0.717, 1.165) is 25.5 Å². The van der Waals surface area contributed by atoms with Gasteiger partial charge in [-0.05, 0) is 30.9 Å². The number of nitrogens with one attached hydrogen (secondary N) is 1. The highest BCUT2D eigenvalue weighted by molar-refractivity contribution is 6.28. The van der Waals surface area contributed by atoms with Crippen molar-refractivity contribution in [3.8, 4) is 0 Å². The van der Waals surface area contributed by atoms with Crippen LogP contribution in [0, 0.1) is 5.82 Å². The number of nitrogens with zero attached hydrogens (tertiary/aromatic N) is 2. The average molecular weight is 246 g/mol. The van der Waals surface area contributed by atoms with Gasteiger partial charge in [-0.3, -0.25) is 0 Å². The summed E-state index contributed by atoms with van der Waals surface area (Å²) in [5.41, 5.74) is -0.177. The Kier molecular flexibility index (Phi) is 3.25. The minimum absolute atomic E-state index is 0.0315. The number of halogens is 2. The van der Waals surface area contributed by atoms with Gasteiger partial charge in [0.25, 0.3) is 0 Å². The monoisotopic (exact) mass is 245 g/mol. The summed E-state index contributed by atoms with van der Waals surface area (Å²) in [7, 11) is 1.67. The Morgan fingerprint density at radius 3 is 2.94 bits per heavy atom. The Bertz CT molecular complexity index is 379. The SMILES string of the molecule is COC1(CNc2nc(Cl)ncc2F)CCC1. The fraction of sp³-hybridized carbons (Fsp3) is 0.600. The van der Waals surface area contributed by atoms with Crippen molar-refractivity contribution in [2.24, 2.45) is 0 Å². The Balaban J connectivity index is 2.01. The van der Waals surface area contributed by atoms with Crippen LogP contribution in [0.4, 0.5) is 10.2 Å². The van der Waals surface area contributed by atoms with Crippen molar-refractivity contribution < 1.29 is 9.13 Å². The van der Waals surface area contributed by atoms with Crippen LogP contribution in [0.1, 0.15) is 19.3 Å². The second kappa shape index (κ2) is 4.51. The first-order chi connectivity index (χ1) is 7.65. The molecular formula is C10H13ClFN3O. The van der Waals surface area contributed by atoms with Crippen LogP contribution < -0.4 is 5.32 Å². The van der Waals surface area contributed by atoms with Crippen LogP contribution in [0.5, 0.6) is 0 Å². The largest absolute Gasteiger partial charge is 0.376 e. The van der Waals surface area contributed by atoms with E-state index >= 15 is 0 Å². The molecule has 1 aliphatic carbocycles. The fourth-order valence-electron chi connectivity index (χ4n) is 1.74. The molecule has 0 atom stereocenters. The minimum Gasteiger partial charge on any atom is -0.376 e. The van der Waals surface area contributed by atoms with Crippen LogP contribution in [0.25, 0.3) is 0 Å². The third-order valence-corrected chi connectivity index (χ3v) is 3.17. The molecule has 1 aromatic rings. The summed E-state index contributed by atoms with van der Waals surface area (Å²) in [6, 6.07) is 0. The van der Waals surface area contributed by atoms with E-state index in [2.05, 4.69) is 15.3 Å². The summed E-state index contributed by atoms with van der Waals surface area (Å²) >= 11 is 5.59. The molecule has 1 fully saturated rings. The highest BCUT2D eigenvalue weighted by atomic mass is 35.5. The number of aromatic nitrogens is 2. The summed E-state index contributed by atoms with van der Waals surface area (Å²) < 4.78 is 18.7. The average Bonchev–Trinajstić information content (AvgIpc) is 2.22. The quantitative estimate of drug-likeness (QED) is 0.827. The van der Waals surface area contributed by atoms with E-state index in [1.807, 2.05) is 0 Å². The van der Waals surface area contributed by atoms with E-state index in [-0.39, 0.29) is 16.7 Å². The van der Waals surface area contributed by atoms with Crippen molar-refractivity contribution in [1.29, 1.82) is 0 Å². The molecule has 0 aromatic carbocycles. The zero-order valence-corrected chi connectivity index (χ0v) is 9.72. The molecule has 0 unspecified atom stereocenters. The second-order valence-corrected chi connectivity index (χ2v) is 4.27. The van der Waals surface area contributed by atoms with E-state index in [9.17, 15) is 4.39 Å². The van der Waals surface area contributed by atoms with Gasteiger partial charge in [-0.15, -0.1) is 0 Å². The van der Waals surface area contributed by atoms with Crippen molar-refractivity contribution in [3.05, 3.63) is 17.3 Å². The summed E-state index contributed by atoms with van der Waals surface area (Å²) in [6.45, 7) is 0.535. The Morgan fingerprint density at radius 2 is 2.38 bits per heavy atom. The molecule has 16 heavy (non-hydrogen) atoms. The van der Waals surface area contributed by atoms with E-state index in [1.54, 1.807) is 7.11 Å². The Labute approximate surface area is 98.2 Å². The number of rotatable bonds is 4. The van der Waals surface area contributed by atoms with Crippen LogP contribution in [0.3, 0.4) is 0 Å². The molecule has 0 bridgehead atoms. The maximum atomic E-state index is 13.3. The third kappa shape index (κ3) is 2.25. The highest BCUT2D eigenvalue weighted by Gasteiger charge is 2.36. The first-order valence-electron chi connectivity index (χ1n) is 5.12. The summed E-state index contributed by atoms with van der Waals surface area (Å²) in [6.07, 6.45) is 4.16. The summed E-state index contributed by atoms with van der Waals surface area (Å²) in [4.78, 5) is 7.33. The molecule has 1 heterocycles. The van der Waals surface area contributed by atoms with Gasteiger partial charge in [-0.1, -0.05) is 0 Å². The van der Waals surface area contributed by atoms with Gasteiger partial charge in [0.1, 0.15) is 0 Å². The first-order valence-corrected chi connectivity index (χ1v) is 5.50. The molecule has 88 valence electrons. The molecule has 1 saturated carbocycles. The standard InChI is InChI=1S/C10H13ClFN3O/c1-16-10(3-2-4-10)6-14-8-7(12)5-13-9(11)15-8/h5H,2-4,6H2,1H3,(H,13,14,15). The number of methoxy groups -OCH3 is 1. The molecule has 6 heteroatoms. The maximum absolute atomic E-state index is 13.3. The van der Waals surface area contributed by atoms with Gasteiger partial charge in [-0.2, -0.15) is 4.98 Å². The van der Waals surface area contributed by atoms with E-state index in [4.69, 9.17) is 16.3 Å². The molecule has 2 rings (SSSR count). The van der Waals surface area contributed by atoms with E-state index in [1.165, 1.54) is 0 Å². The van der Waals surface area contributed by atoms with Gasteiger partial charge in [-0.25, -0.2) is 9.37 Å². The maximum Gasteiger partial charge on any atom is 0.224 e. The van der Waals surface area contributed by atoms with Gasteiger partial charge < -0.3 is 10.1 Å². The Hall–Kier alpha value is -0.940. The number of ether oxygens (including phenoxy) is 1. The van der Waals surface area contributed by atoms with Crippen molar-refractivity contribution in [2.75, 3.05) is 19.0 Å². The van der Waals surface area contributed by atoms with Gasteiger partial charge in [0, 0.05) is 13.7 Å². The zero-order valence-electron chi connectivity index (χ0n) is 8.96. The number of hydrogen-bond donors (Lipinski definition) is 1. The summed E-state index contributed by atoms with van der Waals surface area (Å²) in [5, 5.41) is 2.94. The summed E-state index contributed by atoms with van der Waals surface area (Å²) in [5.74, 6) is -0.377.